The van der Waals surface area contributed by atoms with Gasteiger partial charge >= 0.3 is 0 Å². The van der Waals surface area contributed by atoms with Crippen molar-refractivity contribution in [2.75, 3.05) is 23.8 Å². The zero-order valence-electron chi connectivity index (χ0n) is 16.1. The molecule has 1 saturated heterocycles. The number of nitrogens with one attached hydrogen (secondary N) is 4. The molecule has 0 bridgehead atoms. The fourth-order valence-corrected chi connectivity index (χ4v) is 4.13. The number of anilines is 2. The highest BCUT2D eigenvalue weighted by Crippen LogP contribution is 2.21. The molecule has 1 fully saturated rings. The highest BCUT2D eigenvalue weighted by atomic mass is 32.2. The Morgan fingerprint density at radius 2 is 1.86 bits per heavy atom. The standard InChI is InChI=1S/C19H24N4O5S/c1-3-28-15-9-7-13(8-10-15)23-29(25,26)18-12-17(21-22-18)19(24)20-14-5-4-6-16(11-14)27-2/h4-11,17-18,21-23H,3,12H2,1-2H3,(H,20,24). The summed E-state index contributed by atoms with van der Waals surface area (Å²) in [5.41, 5.74) is 6.40. The van der Waals surface area contributed by atoms with Gasteiger partial charge in [-0.2, -0.15) is 0 Å². The third kappa shape index (κ3) is 5.37. The quantitative estimate of drug-likeness (QED) is 0.513. The van der Waals surface area contributed by atoms with E-state index >= 15 is 0 Å². The molecule has 0 radical (unpaired) electrons. The number of benzene rings is 2. The van der Waals surface area contributed by atoms with E-state index in [1.54, 1.807) is 48.5 Å². The first-order chi connectivity index (χ1) is 13.9. The van der Waals surface area contributed by atoms with E-state index < -0.39 is 21.4 Å². The van der Waals surface area contributed by atoms with Crippen molar-refractivity contribution in [1.29, 1.82) is 0 Å². The molecule has 2 aromatic rings. The number of methoxy groups -OCH3 is 1. The average Bonchev–Trinajstić information content (AvgIpc) is 3.21. The van der Waals surface area contributed by atoms with Crippen LogP contribution in [0.4, 0.5) is 11.4 Å². The van der Waals surface area contributed by atoms with Crippen molar-refractivity contribution in [2.24, 2.45) is 0 Å². The Balaban J connectivity index is 1.59. The molecule has 156 valence electrons. The molecule has 9 nitrogen and oxygen atoms in total. The molecule has 10 heteroatoms. The second-order valence-electron chi connectivity index (χ2n) is 6.39. The van der Waals surface area contributed by atoms with Gasteiger partial charge < -0.3 is 14.8 Å². The largest absolute Gasteiger partial charge is 0.497 e. The SMILES string of the molecule is CCOc1ccc(NS(=O)(=O)C2CC(C(=O)Nc3cccc(OC)c3)NN2)cc1. The van der Waals surface area contributed by atoms with Crippen LogP contribution in [-0.4, -0.2) is 39.5 Å². The van der Waals surface area contributed by atoms with Crippen LogP contribution in [0.25, 0.3) is 0 Å². The van der Waals surface area contributed by atoms with E-state index in [1.807, 2.05) is 6.92 Å². The molecule has 4 N–H and O–H groups in total. The highest BCUT2D eigenvalue weighted by molar-refractivity contribution is 7.93. The van der Waals surface area contributed by atoms with E-state index in [1.165, 1.54) is 7.11 Å². The van der Waals surface area contributed by atoms with Gasteiger partial charge in [0.1, 0.15) is 22.9 Å². The van der Waals surface area contributed by atoms with Crippen LogP contribution in [0, 0.1) is 0 Å². The number of carbonyl (C=O) groups is 1. The Kier molecular flexibility index (Phi) is 6.57. The topological polar surface area (TPSA) is 118 Å². The van der Waals surface area contributed by atoms with Gasteiger partial charge in [-0.05, 0) is 43.3 Å². The summed E-state index contributed by atoms with van der Waals surface area (Å²) in [5.74, 6) is 0.926. The molecule has 2 aromatic carbocycles. The third-order valence-corrected chi connectivity index (χ3v) is 5.90. The minimum absolute atomic E-state index is 0.0716. The van der Waals surface area contributed by atoms with Gasteiger partial charge in [0.05, 0.1) is 13.7 Å². The second kappa shape index (κ2) is 9.12. The van der Waals surface area contributed by atoms with E-state index in [0.717, 1.165) is 0 Å². The summed E-state index contributed by atoms with van der Waals surface area (Å²) >= 11 is 0. The summed E-state index contributed by atoms with van der Waals surface area (Å²) in [6.07, 6.45) is 0.0716. The summed E-state index contributed by atoms with van der Waals surface area (Å²) < 4.78 is 38.2. The number of hydrazine groups is 1. The second-order valence-corrected chi connectivity index (χ2v) is 8.25. The van der Waals surface area contributed by atoms with Crippen molar-refractivity contribution in [3.8, 4) is 11.5 Å². The predicted octanol–water partition coefficient (Wildman–Crippen LogP) is 1.67. The lowest BCUT2D eigenvalue weighted by molar-refractivity contribution is -0.117. The summed E-state index contributed by atoms with van der Waals surface area (Å²) in [6, 6.07) is 12.8. The van der Waals surface area contributed by atoms with E-state index in [2.05, 4.69) is 20.9 Å². The lowest BCUT2D eigenvalue weighted by Gasteiger charge is -2.14. The van der Waals surface area contributed by atoms with Crippen LogP contribution in [0.2, 0.25) is 0 Å². The van der Waals surface area contributed by atoms with Crippen LogP contribution in [-0.2, 0) is 14.8 Å². The van der Waals surface area contributed by atoms with E-state index in [-0.39, 0.29) is 12.3 Å². The van der Waals surface area contributed by atoms with Crippen LogP contribution >= 0.6 is 0 Å². The summed E-state index contributed by atoms with van der Waals surface area (Å²) in [6.45, 7) is 2.40. The maximum absolute atomic E-state index is 12.6. The van der Waals surface area contributed by atoms with Gasteiger partial charge in [0, 0.05) is 23.9 Å². The highest BCUT2D eigenvalue weighted by Gasteiger charge is 2.37. The maximum Gasteiger partial charge on any atom is 0.250 e. The van der Waals surface area contributed by atoms with Gasteiger partial charge in [-0.1, -0.05) is 6.07 Å². The first-order valence-corrected chi connectivity index (χ1v) is 10.7. The minimum atomic E-state index is -3.75. The fourth-order valence-electron chi connectivity index (χ4n) is 2.85. The first-order valence-electron chi connectivity index (χ1n) is 9.11. The van der Waals surface area contributed by atoms with Crippen molar-refractivity contribution in [3.05, 3.63) is 48.5 Å². The average molecular weight is 420 g/mol. The van der Waals surface area contributed by atoms with Crippen molar-refractivity contribution in [1.82, 2.24) is 10.9 Å². The molecule has 3 rings (SSSR count). The van der Waals surface area contributed by atoms with Crippen LogP contribution in [0.3, 0.4) is 0 Å². The molecular formula is C19H24N4O5S. The van der Waals surface area contributed by atoms with Crippen molar-refractivity contribution >= 4 is 27.3 Å². The maximum atomic E-state index is 12.6. The summed E-state index contributed by atoms with van der Waals surface area (Å²) in [5, 5.41) is 1.79. The Hall–Kier alpha value is -2.82. The number of hydrogen-bond donors (Lipinski definition) is 4. The molecule has 29 heavy (non-hydrogen) atoms. The Morgan fingerprint density at radius 1 is 1.10 bits per heavy atom. The van der Waals surface area contributed by atoms with E-state index in [0.29, 0.717) is 29.5 Å². The Morgan fingerprint density at radius 3 is 2.55 bits per heavy atom. The number of amides is 1. The molecule has 1 heterocycles. The van der Waals surface area contributed by atoms with Crippen molar-refractivity contribution in [2.45, 2.75) is 24.8 Å². The lowest BCUT2D eigenvalue weighted by atomic mass is 10.2. The van der Waals surface area contributed by atoms with E-state index in [9.17, 15) is 13.2 Å². The summed E-state index contributed by atoms with van der Waals surface area (Å²) in [4.78, 5) is 12.5. The zero-order chi connectivity index (χ0) is 20.9. The Bertz CT molecular complexity index is 949. The minimum Gasteiger partial charge on any atom is -0.497 e. The van der Waals surface area contributed by atoms with Crippen molar-refractivity contribution in [3.63, 3.8) is 0 Å². The number of ether oxygens (including phenoxy) is 2. The Labute approximate surface area is 169 Å². The zero-order valence-corrected chi connectivity index (χ0v) is 17.0. The van der Waals surface area contributed by atoms with E-state index in [4.69, 9.17) is 9.47 Å². The summed E-state index contributed by atoms with van der Waals surface area (Å²) in [7, 11) is -2.21. The van der Waals surface area contributed by atoms with Gasteiger partial charge in [-0.25, -0.2) is 19.3 Å². The number of sulfonamides is 1. The molecule has 0 saturated carbocycles. The first kappa shape index (κ1) is 20.9. The molecule has 2 atom stereocenters. The number of hydrogen-bond acceptors (Lipinski definition) is 7. The van der Waals surface area contributed by atoms with Crippen LogP contribution in [0.15, 0.2) is 48.5 Å². The normalized spacial score (nSPS) is 18.8. The molecule has 1 amide bonds. The molecular weight excluding hydrogens is 396 g/mol. The fraction of sp³-hybridized carbons (Fsp3) is 0.316. The smallest absolute Gasteiger partial charge is 0.250 e. The van der Waals surface area contributed by atoms with Crippen LogP contribution < -0.4 is 30.4 Å². The monoisotopic (exact) mass is 420 g/mol. The predicted molar refractivity (Wildman–Crippen MR) is 110 cm³/mol. The van der Waals surface area contributed by atoms with Gasteiger partial charge in [0.25, 0.3) is 0 Å². The number of rotatable bonds is 8. The number of carbonyl (C=O) groups excluding carboxylic acids is 1. The van der Waals surface area contributed by atoms with Crippen LogP contribution in [0.5, 0.6) is 11.5 Å². The van der Waals surface area contributed by atoms with Crippen LogP contribution in [0.1, 0.15) is 13.3 Å². The van der Waals surface area contributed by atoms with Gasteiger partial charge in [0.2, 0.25) is 15.9 Å². The van der Waals surface area contributed by atoms with Gasteiger partial charge in [-0.3, -0.25) is 9.52 Å². The molecule has 1 aliphatic heterocycles. The van der Waals surface area contributed by atoms with Gasteiger partial charge in [-0.15, -0.1) is 0 Å². The van der Waals surface area contributed by atoms with Gasteiger partial charge in [0.15, 0.2) is 0 Å². The molecule has 0 aromatic heterocycles. The third-order valence-electron chi connectivity index (χ3n) is 4.32. The van der Waals surface area contributed by atoms with Crippen molar-refractivity contribution < 1.29 is 22.7 Å². The molecule has 0 aliphatic carbocycles. The molecule has 1 aliphatic rings. The molecule has 0 spiro atoms. The lowest BCUT2D eigenvalue weighted by Crippen LogP contribution is -2.42. The molecule has 2 unspecified atom stereocenters.